The van der Waals surface area contributed by atoms with Crippen molar-refractivity contribution >= 4 is 27.5 Å². The summed E-state index contributed by atoms with van der Waals surface area (Å²) in [6.07, 6.45) is 0.741. The van der Waals surface area contributed by atoms with Crippen LogP contribution >= 0.6 is 0 Å². The zero-order valence-electron chi connectivity index (χ0n) is 14.7. The van der Waals surface area contributed by atoms with Crippen LogP contribution in [-0.4, -0.2) is 30.6 Å². The summed E-state index contributed by atoms with van der Waals surface area (Å²) in [6.45, 7) is 1.94. The molecule has 0 bridgehead atoms. The van der Waals surface area contributed by atoms with Gasteiger partial charge in [0, 0.05) is 12.1 Å². The van der Waals surface area contributed by atoms with Crippen molar-refractivity contribution in [1.82, 2.24) is 4.31 Å². The molecule has 0 aliphatic carbocycles. The molecule has 2 amide bonds. The van der Waals surface area contributed by atoms with Crippen LogP contribution in [0.3, 0.4) is 0 Å². The number of aryl methyl sites for hydroxylation is 1. The van der Waals surface area contributed by atoms with Gasteiger partial charge in [-0.2, -0.15) is 0 Å². The van der Waals surface area contributed by atoms with Crippen molar-refractivity contribution in [3.8, 4) is 0 Å². The van der Waals surface area contributed by atoms with Crippen molar-refractivity contribution in [2.75, 3.05) is 5.32 Å². The van der Waals surface area contributed by atoms with Crippen LogP contribution in [0.2, 0.25) is 0 Å². The van der Waals surface area contributed by atoms with Crippen molar-refractivity contribution in [2.45, 2.75) is 37.1 Å². The smallest absolute Gasteiger partial charge is 0.267 e. The molecular formula is C19H19FN2O4S. The molecule has 0 aromatic heterocycles. The van der Waals surface area contributed by atoms with Crippen LogP contribution in [0.25, 0.3) is 0 Å². The SMILES string of the molecule is CCc1ccccc1NC(=O)[C@@H]1CCC(=O)N1S(=O)(=O)c1ccc(F)cc1. The van der Waals surface area contributed by atoms with Crippen LogP contribution in [0.1, 0.15) is 25.3 Å². The molecule has 1 fully saturated rings. The molecule has 8 heteroatoms. The first-order chi connectivity index (χ1) is 12.8. The Morgan fingerprint density at radius 2 is 1.85 bits per heavy atom. The highest BCUT2D eigenvalue weighted by molar-refractivity contribution is 7.89. The number of nitrogens with zero attached hydrogens (tertiary/aromatic N) is 1. The number of rotatable bonds is 5. The Labute approximate surface area is 157 Å². The Balaban J connectivity index is 1.89. The summed E-state index contributed by atoms with van der Waals surface area (Å²) >= 11 is 0. The fourth-order valence-electron chi connectivity index (χ4n) is 3.09. The first kappa shape index (κ1) is 19.0. The van der Waals surface area contributed by atoms with E-state index < -0.39 is 33.7 Å². The number of amides is 2. The molecule has 0 radical (unpaired) electrons. The van der Waals surface area contributed by atoms with Crippen LogP contribution in [-0.2, 0) is 26.0 Å². The van der Waals surface area contributed by atoms with Gasteiger partial charge in [0.25, 0.3) is 10.0 Å². The molecule has 0 saturated carbocycles. The van der Waals surface area contributed by atoms with Crippen molar-refractivity contribution in [3.05, 3.63) is 59.9 Å². The van der Waals surface area contributed by atoms with Gasteiger partial charge < -0.3 is 5.32 Å². The number of hydrogen-bond acceptors (Lipinski definition) is 4. The van der Waals surface area contributed by atoms with E-state index in [2.05, 4.69) is 5.32 Å². The molecule has 2 aromatic rings. The quantitative estimate of drug-likeness (QED) is 0.851. The van der Waals surface area contributed by atoms with Crippen LogP contribution in [0.4, 0.5) is 10.1 Å². The Morgan fingerprint density at radius 1 is 1.19 bits per heavy atom. The molecule has 0 spiro atoms. The minimum Gasteiger partial charge on any atom is -0.324 e. The summed E-state index contributed by atoms with van der Waals surface area (Å²) < 4.78 is 39.4. The number of sulfonamides is 1. The predicted octanol–water partition coefficient (Wildman–Crippen LogP) is 2.71. The minimum absolute atomic E-state index is 0.0477. The molecule has 1 heterocycles. The molecule has 1 atom stereocenters. The molecule has 27 heavy (non-hydrogen) atoms. The maximum absolute atomic E-state index is 13.1. The van der Waals surface area contributed by atoms with Crippen molar-refractivity contribution < 1.29 is 22.4 Å². The van der Waals surface area contributed by atoms with E-state index in [1.807, 2.05) is 19.1 Å². The maximum Gasteiger partial charge on any atom is 0.267 e. The lowest BCUT2D eigenvalue weighted by molar-refractivity contribution is -0.128. The van der Waals surface area contributed by atoms with E-state index in [-0.39, 0.29) is 17.7 Å². The molecule has 3 rings (SSSR count). The topological polar surface area (TPSA) is 83.6 Å². The third-order valence-corrected chi connectivity index (χ3v) is 6.33. The van der Waals surface area contributed by atoms with Gasteiger partial charge in [-0.1, -0.05) is 25.1 Å². The number of halogens is 1. The molecule has 1 saturated heterocycles. The number of nitrogens with one attached hydrogen (secondary N) is 1. The highest BCUT2D eigenvalue weighted by atomic mass is 32.2. The maximum atomic E-state index is 13.1. The van der Waals surface area contributed by atoms with E-state index >= 15 is 0 Å². The zero-order chi connectivity index (χ0) is 19.6. The van der Waals surface area contributed by atoms with Crippen LogP contribution in [0, 0.1) is 5.82 Å². The van der Waals surface area contributed by atoms with Crippen LogP contribution < -0.4 is 5.32 Å². The molecule has 0 unspecified atom stereocenters. The lowest BCUT2D eigenvalue weighted by Gasteiger charge is -2.24. The number of carbonyl (C=O) groups is 2. The van der Waals surface area contributed by atoms with E-state index in [4.69, 9.17) is 0 Å². The lowest BCUT2D eigenvalue weighted by atomic mass is 10.1. The van der Waals surface area contributed by atoms with Gasteiger partial charge >= 0.3 is 0 Å². The van der Waals surface area contributed by atoms with Crippen molar-refractivity contribution in [2.24, 2.45) is 0 Å². The van der Waals surface area contributed by atoms with Gasteiger partial charge in [0.1, 0.15) is 11.9 Å². The summed E-state index contributed by atoms with van der Waals surface area (Å²) in [4.78, 5) is 24.8. The van der Waals surface area contributed by atoms with Gasteiger partial charge in [0.2, 0.25) is 11.8 Å². The number of benzene rings is 2. The van der Waals surface area contributed by atoms with Crippen molar-refractivity contribution in [1.29, 1.82) is 0 Å². The minimum atomic E-state index is -4.25. The Kier molecular flexibility index (Phi) is 5.27. The fraction of sp³-hybridized carbons (Fsp3) is 0.263. The molecular weight excluding hydrogens is 371 g/mol. The third-order valence-electron chi connectivity index (χ3n) is 4.49. The fourth-order valence-corrected chi connectivity index (χ4v) is 4.69. The molecule has 142 valence electrons. The second-order valence-electron chi connectivity index (χ2n) is 6.20. The van der Waals surface area contributed by atoms with Gasteiger partial charge in [-0.05, 0) is 48.7 Å². The summed E-state index contributed by atoms with van der Waals surface area (Å²) in [6, 6.07) is 10.2. The van der Waals surface area contributed by atoms with E-state index in [1.165, 1.54) is 0 Å². The second kappa shape index (κ2) is 7.48. The van der Waals surface area contributed by atoms with Crippen molar-refractivity contribution in [3.63, 3.8) is 0 Å². The largest absolute Gasteiger partial charge is 0.324 e. The number of hydrogen-bond donors (Lipinski definition) is 1. The normalized spacial score (nSPS) is 17.2. The van der Waals surface area contributed by atoms with Gasteiger partial charge in [0.05, 0.1) is 4.90 Å². The highest BCUT2D eigenvalue weighted by Gasteiger charge is 2.44. The lowest BCUT2D eigenvalue weighted by Crippen LogP contribution is -2.45. The first-order valence-corrected chi connectivity index (χ1v) is 10.00. The average molecular weight is 390 g/mol. The number of carbonyl (C=O) groups excluding carboxylic acids is 2. The Hall–Kier alpha value is -2.74. The number of para-hydroxylation sites is 1. The van der Waals surface area contributed by atoms with Gasteiger partial charge in [-0.25, -0.2) is 17.1 Å². The monoisotopic (exact) mass is 390 g/mol. The van der Waals surface area contributed by atoms with Gasteiger partial charge in [-0.3, -0.25) is 9.59 Å². The van der Waals surface area contributed by atoms with Crippen LogP contribution in [0.5, 0.6) is 0 Å². The number of anilines is 1. The van der Waals surface area contributed by atoms with E-state index in [0.29, 0.717) is 16.4 Å². The molecule has 6 nitrogen and oxygen atoms in total. The van der Waals surface area contributed by atoms with Gasteiger partial charge in [0.15, 0.2) is 0 Å². The molecule has 1 N–H and O–H groups in total. The van der Waals surface area contributed by atoms with Crippen LogP contribution in [0.15, 0.2) is 53.4 Å². The highest BCUT2D eigenvalue weighted by Crippen LogP contribution is 2.28. The molecule has 1 aliphatic heterocycles. The van der Waals surface area contributed by atoms with E-state index in [9.17, 15) is 22.4 Å². The molecule has 1 aliphatic rings. The molecule has 2 aromatic carbocycles. The predicted molar refractivity (Wildman–Crippen MR) is 97.9 cm³/mol. The Bertz CT molecular complexity index is 973. The van der Waals surface area contributed by atoms with E-state index in [0.717, 1.165) is 29.8 Å². The van der Waals surface area contributed by atoms with Gasteiger partial charge in [-0.15, -0.1) is 0 Å². The second-order valence-corrected chi connectivity index (χ2v) is 8.02. The summed E-state index contributed by atoms with van der Waals surface area (Å²) in [5.41, 5.74) is 1.49. The standard InChI is InChI=1S/C19H19FN2O4S/c1-2-13-5-3-4-6-16(13)21-19(24)17-11-12-18(23)22(17)27(25,26)15-9-7-14(20)8-10-15/h3-10,17H,2,11-12H2,1H3,(H,21,24)/t17-/m0/s1. The Morgan fingerprint density at radius 3 is 2.52 bits per heavy atom. The summed E-state index contributed by atoms with van der Waals surface area (Å²) in [7, 11) is -4.25. The first-order valence-electron chi connectivity index (χ1n) is 8.56. The third kappa shape index (κ3) is 3.71. The average Bonchev–Trinajstić information content (AvgIpc) is 3.05. The summed E-state index contributed by atoms with van der Waals surface area (Å²) in [5.74, 6) is -1.80. The summed E-state index contributed by atoms with van der Waals surface area (Å²) in [5, 5.41) is 2.73. The van der Waals surface area contributed by atoms with E-state index in [1.54, 1.807) is 12.1 Å². The zero-order valence-corrected chi connectivity index (χ0v) is 15.5.